The summed E-state index contributed by atoms with van der Waals surface area (Å²) in [7, 11) is 0. The maximum Gasteiger partial charge on any atom is 0.338 e. The molecule has 0 amide bonds. The van der Waals surface area contributed by atoms with Gasteiger partial charge in [-0.25, -0.2) is 4.79 Å². The first-order valence-corrected chi connectivity index (χ1v) is 7.17. The van der Waals surface area contributed by atoms with E-state index in [0.717, 1.165) is 4.47 Å². The Morgan fingerprint density at radius 1 is 1.00 bits per heavy atom. The number of rotatable bonds is 1. The first-order valence-electron chi connectivity index (χ1n) is 6.37. The van der Waals surface area contributed by atoms with Crippen LogP contribution in [-0.4, -0.2) is 11.6 Å². The molecule has 1 aromatic rings. The summed E-state index contributed by atoms with van der Waals surface area (Å²) in [5.74, 6) is -0.287. The van der Waals surface area contributed by atoms with Crippen LogP contribution in [0.25, 0.3) is 0 Å². The Hall–Kier alpha value is -0.830. The van der Waals surface area contributed by atoms with E-state index in [1.807, 2.05) is 60.6 Å². The molecule has 0 aliphatic carbocycles. The summed E-state index contributed by atoms with van der Waals surface area (Å²) in [6.07, 6.45) is 0. The van der Waals surface area contributed by atoms with Gasteiger partial charge in [0.05, 0.1) is 5.56 Å². The number of ether oxygens (including phenoxy) is 1. The molecule has 0 spiro atoms. The maximum atomic E-state index is 11.5. The van der Waals surface area contributed by atoms with Crippen molar-refractivity contribution >= 4 is 21.9 Å². The molecule has 1 aromatic carbocycles. The van der Waals surface area contributed by atoms with E-state index in [9.17, 15) is 4.79 Å². The third-order valence-electron chi connectivity index (χ3n) is 1.48. The van der Waals surface area contributed by atoms with Gasteiger partial charge in [0.15, 0.2) is 0 Å². The van der Waals surface area contributed by atoms with Crippen LogP contribution in [0.15, 0.2) is 28.7 Å². The lowest BCUT2D eigenvalue weighted by molar-refractivity contribution is 0.00695. The van der Waals surface area contributed by atoms with Crippen LogP contribution in [0, 0.1) is 0 Å². The molecular weight excluding hydrogens is 292 g/mol. The van der Waals surface area contributed by atoms with Crippen LogP contribution in [0.5, 0.6) is 0 Å². The zero-order chi connectivity index (χ0) is 14.8. The zero-order valence-electron chi connectivity index (χ0n) is 12.5. The SMILES string of the molecule is CC.CC.CC(C)(C)OC(=O)c1ccc(Br)cc1. The van der Waals surface area contributed by atoms with E-state index in [1.54, 1.807) is 12.1 Å². The molecule has 0 atom stereocenters. The first-order chi connectivity index (χ1) is 8.38. The third-order valence-corrected chi connectivity index (χ3v) is 2.01. The fourth-order valence-electron chi connectivity index (χ4n) is 0.923. The predicted octanol–water partition coefficient (Wildman–Crippen LogP) is 5.46. The third kappa shape index (κ3) is 9.23. The van der Waals surface area contributed by atoms with Crippen molar-refractivity contribution in [2.24, 2.45) is 0 Å². The lowest BCUT2D eigenvalue weighted by Crippen LogP contribution is -2.23. The van der Waals surface area contributed by atoms with Crippen molar-refractivity contribution in [3.05, 3.63) is 34.3 Å². The van der Waals surface area contributed by atoms with Crippen molar-refractivity contribution in [1.82, 2.24) is 0 Å². The summed E-state index contributed by atoms with van der Waals surface area (Å²) in [4.78, 5) is 11.5. The molecule has 1 rings (SSSR count). The van der Waals surface area contributed by atoms with Gasteiger partial charge < -0.3 is 4.74 Å². The van der Waals surface area contributed by atoms with E-state index in [-0.39, 0.29) is 5.97 Å². The van der Waals surface area contributed by atoms with Crippen LogP contribution in [0.4, 0.5) is 0 Å². The fourth-order valence-corrected chi connectivity index (χ4v) is 1.19. The molecule has 0 aliphatic rings. The van der Waals surface area contributed by atoms with Crippen molar-refractivity contribution in [3.63, 3.8) is 0 Å². The normalized spacial score (nSPS) is 9.33. The van der Waals surface area contributed by atoms with E-state index >= 15 is 0 Å². The molecule has 3 heteroatoms. The fraction of sp³-hybridized carbons (Fsp3) is 0.533. The summed E-state index contributed by atoms with van der Waals surface area (Å²) in [6.45, 7) is 13.6. The standard InChI is InChI=1S/C11H13BrO2.2C2H6/c1-11(2,3)14-10(13)8-4-6-9(12)7-5-8;2*1-2/h4-7H,1-3H3;2*1-2H3. The highest BCUT2D eigenvalue weighted by Gasteiger charge is 2.17. The molecule has 0 bridgehead atoms. The van der Waals surface area contributed by atoms with Crippen molar-refractivity contribution < 1.29 is 9.53 Å². The van der Waals surface area contributed by atoms with Gasteiger partial charge in [-0.3, -0.25) is 0 Å². The number of hydrogen-bond acceptors (Lipinski definition) is 2. The smallest absolute Gasteiger partial charge is 0.338 e. The Labute approximate surface area is 120 Å². The Bertz CT molecular complexity index is 323. The molecule has 0 N–H and O–H groups in total. The van der Waals surface area contributed by atoms with Crippen molar-refractivity contribution in [3.8, 4) is 0 Å². The molecule has 0 saturated carbocycles. The summed E-state index contributed by atoms with van der Waals surface area (Å²) in [5, 5.41) is 0. The highest BCUT2D eigenvalue weighted by molar-refractivity contribution is 9.10. The quantitative estimate of drug-likeness (QED) is 0.643. The van der Waals surface area contributed by atoms with Gasteiger partial charge in [-0.15, -0.1) is 0 Å². The van der Waals surface area contributed by atoms with Gasteiger partial charge in [0, 0.05) is 4.47 Å². The molecule has 0 aliphatic heterocycles. The molecule has 18 heavy (non-hydrogen) atoms. The molecule has 2 nitrogen and oxygen atoms in total. The van der Waals surface area contributed by atoms with Crippen molar-refractivity contribution in [2.75, 3.05) is 0 Å². The lowest BCUT2D eigenvalue weighted by atomic mass is 10.2. The minimum atomic E-state index is -0.440. The van der Waals surface area contributed by atoms with Crippen LogP contribution < -0.4 is 0 Å². The maximum absolute atomic E-state index is 11.5. The molecule has 104 valence electrons. The first kappa shape index (κ1) is 19.5. The highest BCUT2D eigenvalue weighted by atomic mass is 79.9. The van der Waals surface area contributed by atoms with Crippen LogP contribution in [0.1, 0.15) is 58.8 Å². The molecule has 0 aromatic heterocycles. The molecule has 0 saturated heterocycles. The minimum Gasteiger partial charge on any atom is -0.456 e. The van der Waals surface area contributed by atoms with Gasteiger partial charge >= 0.3 is 5.97 Å². The highest BCUT2D eigenvalue weighted by Crippen LogP contribution is 2.14. The van der Waals surface area contributed by atoms with Crippen LogP contribution >= 0.6 is 15.9 Å². The van der Waals surface area contributed by atoms with E-state index < -0.39 is 5.60 Å². The number of hydrogen-bond donors (Lipinski definition) is 0. The zero-order valence-corrected chi connectivity index (χ0v) is 14.1. The van der Waals surface area contributed by atoms with E-state index in [2.05, 4.69) is 15.9 Å². The molecular formula is C15H25BrO2. The topological polar surface area (TPSA) is 26.3 Å². The lowest BCUT2D eigenvalue weighted by Gasteiger charge is -2.19. The Balaban J connectivity index is 0. The van der Waals surface area contributed by atoms with Crippen LogP contribution in [0.3, 0.4) is 0 Å². The van der Waals surface area contributed by atoms with E-state index in [1.165, 1.54) is 0 Å². The number of carbonyl (C=O) groups is 1. The van der Waals surface area contributed by atoms with Gasteiger partial charge in [-0.1, -0.05) is 43.6 Å². The van der Waals surface area contributed by atoms with Crippen molar-refractivity contribution in [1.29, 1.82) is 0 Å². The molecule has 0 unspecified atom stereocenters. The van der Waals surface area contributed by atoms with Gasteiger partial charge in [-0.2, -0.15) is 0 Å². The predicted molar refractivity (Wildman–Crippen MR) is 82.0 cm³/mol. The second-order valence-corrected chi connectivity index (χ2v) is 4.92. The van der Waals surface area contributed by atoms with Crippen LogP contribution in [0.2, 0.25) is 0 Å². The summed E-state index contributed by atoms with van der Waals surface area (Å²) in [5.41, 5.74) is 0.132. The minimum absolute atomic E-state index is 0.287. The Morgan fingerprint density at radius 2 is 1.39 bits per heavy atom. The van der Waals surface area contributed by atoms with Gasteiger partial charge in [0.25, 0.3) is 0 Å². The number of benzene rings is 1. The molecule has 0 radical (unpaired) electrons. The summed E-state index contributed by atoms with van der Waals surface area (Å²) < 4.78 is 6.16. The van der Waals surface area contributed by atoms with Crippen molar-refractivity contribution in [2.45, 2.75) is 54.1 Å². The van der Waals surface area contributed by atoms with Gasteiger partial charge in [-0.05, 0) is 45.0 Å². The second kappa shape index (κ2) is 10.1. The van der Waals surface area contributed by atoms with Crippen LogP contribution in [-0.2, 0) is 4.74 Å². The monoisotopic (exact) mass is 316 g/mol. The number of esters is 1. The summed E-state index contributed by atoms with van der Waals surface area (Å²) >= 11 is 3.30. The average Bonchev–Trinajstić information content (AvgIpc) is 2.33. The molecule has 0 heterocycles. The Morgan fingerprint density at radius 3 is 1.72 bits per heavy atom. The van der Waals surface area contributed by atoms with Gasteiger partial charge in [0.2, 0.25) is 0 Å². The number of halogens is 1. The average molecular weight is 317 g/mol. The van der Waals surface area contributed by atoms with Gasteiger partial charge in [0.1, 0.15) is 5.60 Å². The number of carbonyl (C=O) groups excluding carboxylic acids is 1. The molecule has 0 fully saturated rings. The summed E-state index contributed by atoms with van der Waals surface area (Å²) in [6, 6.07) is 7.11. The van der Waals surface area contributed by atoms with E-state index in [0.29, 0.717) is 5.56 Å². The van der Waals surface area contributed by atoms with E-state index in [4.69, 9.17) is 4.74 Å². The largest absolute Gasteiger partial charge is 0.456 e. The second-order valence-electron chi connectivity index (χ2n) is 4.01. The Kier molecular flexibility index (Phi) is 11.0.